The van der Waals surface area contributed by atoms with Crippen LogP contribution in [0.2, 0.25) is 0 Å². The molecule has 1 aromatic rings. The monoisotopic (exact) mass is 349 g/mol. The van der Waals surface area contributed by atoms with Crippen LogP contribution in [0.25, 0.3) is 0 Å². The predicted molar refractivity (Wildman–Crippen MR) is 102 cm³/mol. The molecule has 0 aliphatic carbocycles. The first kappa shape index (κ1) is 20.8. The average Bonchev–Trinajstić information content (AvgIpc) is 3.01. The van der Waals surface area contributed by atoms with E-state index in [2.05, 4.69) is 12.2 Å². The van der Waals surface area contributed by atoms with Crippen LogP contribution in [0.4, 0.5) is 11.4 Å². The van der Waals surface area contributed by atoms with E-state index < -0.39 is 6.04 Å². The summed E-state index contributed by atoms with van der Waals surface area (Å²) in [6, 6.07) is 7.30. The Balaban J connectivity index is 0.000000705. The van der Waals surface area contributed by atoms with E-state index in [0.29, 0.717) is 23.8 Å². The molecule has 25 heavy (non-hydrogen) atoms. The summed E-state index contributed by atoms with van der Waals surface area (Å²) in [7, 11) is 1.56. The fraction of sp³-hybridized carbons (Fsp3) is 0.556. The molecule has 1 aromatic carbocycles. The zero-order chi connectivity index (χ0) is 19.0. The van der Waals surface area contributed by atoms with Crippen LogP contribution < -0.4 is 21.9 Å². The third-order valence-electron chi connectivity index (χ3n) is 4.35. The topological polar surface area (TPSA) is 105 Å². The molecule has 2 atom stereocenters. The summed E-state index contributed by atoms with van der Waals surface area (Å²) >= 11 is 0. The number of nitrogens with zero attached hydrogens (tertiary/aromatic N) is 2. The number of nitrogen functional groups attached to an aromatic ring is 1. The van der Waals surface area contributed by atoms with Crippen LogP contribution in [0.1, 0.15) is 33.6 Å². The lowest BCUT2D eigenvalue weighted by molar-refractivity contribution is -0.134. The van der Waals surface area contributed by atoms with Crippen LogP contribution in [0.3, 0.4) is 0 Å². The second-order valence-electron chi connectivity index (χ2n) is 6.58. The molecule has 0 spiro atoms. The summed E-state index contributed by atoms with van der Waals surface area (Å²) in [4.78, 5) is 23.9. The highest BCUT2D eigenvalue weighted by Crippen LogP contribution is 2.27. The highest BCUT2D eigenvalue weighted by Gasteiger charge is 2.35. The molecule has 7 heteroatoms. The normalized spacial score (nSPS) is 17.5. The summed E-state index contributed by atoms with van der Waals surface area (Å²) in [6.07, 6.45) is 2.75. The van der Waals surface area contributed by atoms with Gasteiger partial charge in [0, 0.05) is 19.6 Å². The standard InChI is InChI=1S/C16H26N4O.C2H5NO/c1-11(2)15(16(21)19-10-6-7-12(19)3)20(18)14-9-5-4-8-13(14)17;1-3-2-4/h4-5,8-9,11-12,15H,6-7,10,17-18H2,1-3H3;2H,1H3,(H,3,4). The van der Waals surface area contributed by atoms with Crippen molar-refractivity contribution in [1.29, 1.82) is 0 Å². The number of benzene rings is 1. The van der Waals surface area contributed by atoms with Gasteiger partial charge in [0.15, 0.2) is 0 Å². The summed E-state index contributed by atoms with van der Waals surface area (Å²) < 4.78 is 0. The summed E-state index contributed by atoms with van der Waals surface area (Å²) in [6.45, 7) is 6.95. The van der Waals surface area contributed by atoms with E-state index in [9.17, 15) is 4.79 Å². The molecule has 1 fully saturated rings. The first-order valence-corrected chi connectivity index (χ1v) is 8.64. The van der Waals surface area contributed by atoms with Crippen LogP contribution in [0, 0.1) is 5.92 Å². The molecule has 0 radical (unpaired) electrons. The van der Waals surface area contributed by atoms with Gasteiger partial charge in [-0.3, -0.25) is 14.6 Å². The van der Waals surface area contributed by atoms with Crippen molar-refractivity contribution in [2.75, 3.05) is 24.3 Å². The average molecular weight is 349 g/mol. The van der Waals surface area contributed by atoms with E-state index in [1.807, 2.05) is 36.9 Å². The van der Waals surface area contributed by atoms with Gasteiger partial charge in [-0.1, -0.05) is 26.0 Å². The minimum absolute atomic E-state index is 0.0979. The lowest BCUT2D eigenvalue weighted by atomic mass is 10.0. The maximum absolute atomic E-state index is 12.9. The van der Waals surface area contributed by atoms with E-state index in [1.165, 1.54) is 5.01 Å². The minimum atomic E-state index is -0.393. The van der Waals surface area contributed by atoms with Crippen molar-refractivity contribution >= 4 is 23.7 Å². The van der Waals surface area contributed by atoms with Crippen molar-refractivity contribution in [3.63, 3.8) is 0 Å². The quantitative estimate of drug-likeness (QED) is 0.322. The fourth-order valence-corrected chi connectivity index (χ4v) is 3.03. The molecular formula is C18H31N5O2. The third kappa shape index (κ3) is 5.35. The SMILES string of the molecule is CC(C)C(C(=O)N1CCCC1C)N(N)c1ccccc1N.CNC=O. The number of nitrogens with one attached hydrogen (secondary N) is 1. The molecule has 0 bridgehead atoms. The van der Waals surface area contributed by atoms with Crippen molar-refractivity contribution in [1.82, 2.24) is 10.2 Å². The number of rotatable bonds is 5. The molecule has 1 aliphatic rings. The zero-order valence-corrected chi connectivity index (χ0v) is 15.6. The molecule has 1 saturated heterocycles. The minimum Gasteiger partial charge on any atom is -0.397 e. The molecule has 0 aromatic heterocycles. The van der Waals surface area contributed by atoms with E-state index >= 15 is 0 Å². The summed E-state index contributed by atoms with van der Waals surface area (Å²) in [5.41, 5.74) is 7.29. The number of hydrogen-bond acceptors (Lipinski definition) is 5. The number of hydrogen-bond donors (Lipinski definition) is 3. The van der Waals surface area contributed by atoms with Crippen LogP contribution in [0.15, 0.2) is 24.3 Å². The van der Waals surface area contributed by atoms with Gasteiger partial charge in [-0.05, 0) is 37.8 Å². The van der Waals surface area contributed by atoms with Crippen LogP contribution in [-0.2, 0) is 9.59 Å². The van der Waals surface area contributed by atoms with E-state index in [1.54, 1.807) is 13.1 Å². The van der Waals surface area contributed by atoms with Crippen molar-refractivity contribution in [3.8, 4) is 0 Å². The number of nitrogens with two attached hydrogens (primary N) is 2. The molecule has 2 amide bonds. The van der Waals surface area contributed by atoms with Crippen molar-refractivity contribution in [3.05, 3.63) is 24.3 Å². The van der Waals surface area contributed by atoms with Gasteiger partial charge in [0.1, 0.15) is 6.04 Å². The maximum Gasteiger partial charge on any atom is 0.247 e. The molecule has 2 rings (SSSR count). The van der Waals surface area contributed by atoms with E-state index in [-0.39, 0.29) is 11.8 Å². The second kappa shape index (κ2) is 9.88. The Morgan fingerprint density at radius 3 is 2.44 bits per heavy atom. The maximum atomic E-state index is 12.9. The smallest absolute Gasteiger partial charge is 0.247 e. The van der Waals surface area contributed by atoms with Crippen molar-refractivity contribution in [2.24, 2.45) is 11.8 Å². The van der Waals surface area contributed by atoms with Gasteiger partial charge in [-0.25, -0.2) is 5.84 Å². The van der Waals surface area contributed by atoms with Crippen molar-refractivity contribution < 1.29 is 9.59 Å². The first-order chi connectivity index (χ1) is 11.8. The first-order valence-electron chi connectivity index (χ1n) is 8.64. The number of carbonyl (C=O) groups excluding carboxylic acids is 2. The van der Waals surface area contributed by atoms with Crippen molar-refractivity contribution in [2.45, 2.75) is 45.7 Å². The zero-order valence-electron chi connectivity index (χ0n) is 15.6. The molecule has 1 aliphatic heterocycles. The van der Waals surface area contributed by atoms with Gasteiger partial charge in [-0.2, -0.15) is 0 Å². The number of para-hydroxylation sites is 2. The Morgan fingerprint density at radius 1 is 1.40 bits per heavy atom. The van der Waals surface area contributed by atoms with E-state index in [4.69, 9.17) is 16.4 Å². The Bertz CT molecular complexity index is 564. The number of anilines is 2. The fourth-order valence-electron chi connectivity index (χ4n) is 3.03. The third-order valence-corrected chi connectivity index (χ3v) is 4.35. The van der Waals surface area contributed by atoms with Gasteiger partial charge >= 0.3 is 0 Å². The molecule has 0 saturated carbocycles. The summed E-state index contributed by atoms with van der Waals surface area (Å²) in [5.74, 6) is 6.47. The van der Waals surface area contributed by atoms with Gasteiger partial charge in [0.2, 0.25) is 12.3 Å². The highest BCUT2D eigenvalue weighted by molar-refractivity contribution is 5.87. The van der Waals surface area contributed by atoms with Gasteiger partial charge in [-0.15, -0.1) is 0 Å². The molecular weight excluding hydrogens is 318 g/mol. The number of hydrazine groups is 1. The lowest BCUT2D eigenvalue weighted by Gasteiger charge is -2.35. The number of carbonyl (C=O) groups is 2. The van der Waals surface area contributed by atoms with Crippen LogP contribution in [0.5, 0.6) is 0 Å². The molecule has 140 valence electrons. The molecule has 2 unspecified atom stereocenters. The number of likely N-dealkylation sites (tertiary alicyclic amines) is 1. The van der Waals surface area contributed by atoms with Gasteiger partial charge in [0.25, 0.3) is 0 Å². The Labute approximate surface area is 150 Å². The lowest BCUT2D eigenvalue weighted by Crippen LogP contribution is -2.55. The van der Waals surface area contributed by atoms with E-state index in [0.717, 1.165) is 19.4 Å². The number of amides is 2. The second-order valence-corrected chi connectivity index (χ2v) is 6.58. The van der Waals surface area contributed by atoms with Crippen LogP contribution >= 0.6 is 0 Å². The largest absolute Gasteiger partial charge is 0.397 e. The Hall–Kier alpha value is -2.28. The van der Waals surface area contributed by atoms with Gasteiger partial charge < -0.3 is 16.0 Å². The molecule has 7 nitrogen and oxygen atoms in total. The Kier molecular flexibility index (Phi) is 8.21. The summed E-state index contributed by atoms with van der Waals surface area (Å²) in [5, 5.41) is 3.79. The van der Waals surface area contributed by atoms with Crippen LogP contribution in [-0.4, -0.2) is 42.9 Å². The molecule has 1 heterocycles. The Morgan fingerprint density at radius 2 is 2.00 bits per heavy atom. The predicted octanol–water partition coefficient (Wildman–Crippen LogP) is 1.35. The van der Waals surface area contributed by atoms with Gasteiger partial charge in [0.05, 0.1) is 11.4 Å². The highest BCUT2D eigenvalue weighted by atomic mass is 16.2. The molecule has 5 N–H and O–H groups in total.